The van der Waals surface area contributed by atoms with Crippen molar-refractivity contribution in [2.24, 2.45) is 0 Å². The van der Waals surface area contributed by atoms with Gasteiger partial charge in [-0.3, -0.25) is 9.40 Å². The van der Waals surface area contributed by atoms with Gasteiger partial charge in [-0.05, 0) is 18.6 Å². The average molecular weight is 293 g/mol. The Morgan fingerprint density at radius 2 is 2.10 bits per heavy atom. The Morgan fingerprint density at radius 3 is 2.80 bits per heavy atom. The Bertz CT molecular complexity index is 676. The van der Waals surface area contributed by atoms with Crippen molar-refractivity contribution in [1.82, 2.24) is 9.78 Å². The third-order valence-corrected chi connectivity index (χ3v) is 4.58. The van der Waals surface area contributed by atoms with E-state index in [0.29, 0.717) is 12.3 Å². The van der Waals surface area contributed by atoms with Crippen molar-refractivity contribution in [3.63, 3.8) is 0 Å². The van der Waals surface area contributed by atoms with Crippen molar-refractivity contribution >= 4 is 15.7 Å². The van der Waals surface area contributed by atoms with Crippen molar-refractivity contribution in [3.05, 3.63) is 42.7 Å². The number of sulfonamides is 1. The number of benzene rings is 1. The van der Waals surface area contributed by atoms with Crippen LogP contribution in [-0.4, -0.2) is 31.4 Å². The van der Waals surface area contributed by atoms with Crippen LogP contribution in [0.5, 0.6) is 0 Å². The van der Waals surface area contributed by atoms with E-state index < -0.39 is 10.0 Å². The first-order chi connectivity index (χ1) is 9.65. The van der Waals surface area contributed by atoms with Crippen LogP contribution in [0.2, 0.25) is 0 Å². The number of aromatic nitrogens is 2. The number of nitrogens with one attached hydrogen (secondary N) is 1. The van der Waals surface area contributed by atoms with E-state index in [2.05, 4.69) is 9.82 Å². The van der Waals surface area contributed by atoms with Crippen LogP contribution in [0.4, 0.5) is 5.69 Å². The lowest BCUT2D eigenvalue weighted by molar-refractivity contribution is 0.184. The second kappa shape index (κ2) is 5.26. The molecule has 6 nitrogen and oxygen atoms in total. The van der Waals surface area contributed by atoms with Gasteiger partial charge in [-0.15, -0.1) is 0 Å². The first kappa shape index (κ1) is 13.1. The van der Waals surface area contributed by atoms with Gasteiger partial charge in [-0.2, -0.15) is 5.10 Å². The minimum atomic E-state index is -3.56. The predicted octanol–water partition coefficient (Wildman–Crippen LogP) is 1.65. The molecule has 1 aliphatic rings. The zero-order valence-corrected chi connectivity index (χ0v) is 11.6. The van der Waals surface area contributed by atoms with Gasteiger partial charge in [0.1, 0.15) is 0 Å². The lowest BCUT2D eigenvalue weighted by Crippen LogP contribution is -2.12. The molecule has 1 N–H and O–H groups in total. The van der Waals surface area contributed by atoms with E-state index in [1.165, 1.54) is 6.20 Å². The summed E-state index contributed by atoms with van der Waals surface area (Å²) in [7, 11) is -3.56. The summed E-state index contributed by atoms with van der Waals surface area (Å²) in [6, 6.07) is 8.44. The van der Waals surface area contributed by atoms with Gasteiger partial charge >= 0.3 is 0 Å². The van der Waals surface area contributed by atoms with Crippen molar-refractivity contribution in [3.8, 4) is 0 Å². The Balaban J connectivity index is 1.78. The Morgan fingerprint density at radius 1 is 1.30 bits per heavy atom. The summed E-state index contributed by atoms with van der Waals surface area (Å²) in [5.74, 6) is 0. The van der Waals surface area contributed by atoms with Crippen LogP contribution < -0.4 is 4.72 Å². The van der Waals surface area contributed by atoms with E-state index in [-0.39, 0.29) is 10.9 Å². The quantitative estimate of drug-likeness (QED) is 0.930. The molecule has 0 saturated carbocycles. The molecular formula is C13H15N3O3S. The maximum Gasteiger partial charge on any atom is 0.261 e. The van der Waals surface area contributed by atoms with Gasteiger partial charge < -0.3 is 4.74 Å². The molecule has 1 aliphatic heterocycles. The topological polar surface area (TPSA) is 73.2 Å². The van der Waals surface area contributed by atoms with Gasteiger partial charge in [0.15, 0.2) is 0 Å². The third-order valence-electron chi connectivity index (χ3n) is 3.19. The van der Waals surface area contributed by atoms with E-state index in [1.54, 1.807) is 41.2 Å². The van der Waals surface area contributed by atoms with Crippen LogP contribution in [0.15, 0.2) is 47.6 Å². The molecule has 1 aromatic carbocycles. The molecule has 1 fully saturated rings. The predicted molar refractivity (Wildman–Crippen MR) is 74.0 cm³/mol. The molecule has 3 rings (SSSR count). The number of hydrogen-bond acceptors (Lipinski definition) is 4. The molecule has 1 saturated heterocycles. The molecule has 0 amide bonds. The SMILES string of the molecule is O=S(=O)(Nc1cnn([C@@H]2CCOC2)c1)c1ccccc1. The number of nitrogens with zero attached hydrogens (tertiary/aromatic N) is 2. The zero-order chi connectivity index (χ0) is 14.0. The number of ether oxygens (including phenoxy) is 1. The molecular weight excluding hydrogens is 278 g/mol. The standard InChI is InChI=1S/C13H15N3O3S/c17-20(18,13-4-2-1-3-5-13)15-11-8-14-16(9-11)12-6-7-19-10-12/h1-5,8-9,12,15H,6-7,10H2/t12-/m1/s1. The van der Waals surface area contributed by atoms with Crippen LogP contribution in [-0.2, 0) is 14.8 Å². The fourth-order valence-electron chi connectivity index (χ4n) is 2.13. The summed E-state index contributed by atoms with van der Waals surface area (Å²) in [4.78, 5) is 0.233. The Kier molecular flexibility index (Phi) is 3.45. The molecule has 2 heterocycles. The third kappa shape index (κ3) is 2.68. The number of rotatable bonds is 4. The van der Waals surface area contributed by atoms with Gasteiger partial charge in [0.2, 0.25) is 0 Å². The summed E-state index contributed by atoms with van der Waals surface area (Å²) < 4.78 is 33.9. The summed E-state index contributed by atoms with van der Waals surface area (Å²) in [6.07, 6.45) is 4.10. The fraction of sp³-hybridized carbons (Fsp3) is 0.308. The molecule has 0 unspecified atom stereocenters. The van der Waals surface area contributed by atoms with Crippen LogP contribution in [0.25, 0.3) is 0 Å². The van der Waals surface area contributed by atoms with Crippen molar-refractivity contribution in [1.29, 1.82) is 0 Å². The molecule has 2 aromatic rings. The number of anilines is 1. The summed E-state index contributed by atoms with van der Waals surface area (Å²) in [5.41, 5.74) is 0.459. The van der Waals surface area contributed by atoms with Crippen molar-refractivity contribution < 1.29 is 13.2 Å². The molecule has 0 spiro atoms. The molecule has 106 valence electrons. The minimum Gasteiger partial charge on any atom is -0.379 e. The zero-order valence-electron chi connectivity index (χ0n) is 10.8. The molecule has 1 atom stereocenters. The van der Waals surface area contributed by atoms with E-state index >= 15 is 0 Å². The Hall–Kier alpha value is -1.86. The van der Waals surface area contributed by atoms with E-state index in [9.17, 15) is 8.42 Å². The van der Waals surface area contributed by atoms with Crippen LogP contribution in [0.1, 0.15) is 12.5 Å². The normalized spacial score (nSPS) is 19.1. The first-order valence-corrected chi connectivity index (χ1v) is 7.83. The van der Waals surface area contributed by atoms with Crippen molar-refractivity contribution in [2.75, 3.05) is 17.9 Å². The highest BCUT2D eigenvalue weighted by molar-refractivity contribution is 7.92. The second-order valence-electron chi connectivity index (χ2n) is 4.64. The monoisotopic (exact) mass is 293 g/mol. The molecule has 1 aromatic heterocycles. The van der Waals surface area contributed by atoms with E-state index in [4.69, 9.17) is 4.74 Å². The summed E-state index contributed by atoms with van der Waals surface area (Å²) >= 11 is 0. The average Bonchev–Trinajstić information content (AvgIpc) is 3.10. The van der Waals surface area contributed by atoms with Gasteiger partial charge in [0.25, 0.3) is 10.0 Å². The largest absolute Gasteiger partial charge is 0.379 e. The van der Waals surface area contributed by atoms with Crippen LogP contribution >= 0.6 is 0 Å². The summed E-state index contributed by atoms with van der Waals surface area (Å²) in [5, 5.41) is 4.19. The second-order valence-corrected chi connectivity index (χ2v) is 6.33. The van der Waals surface area contributed by atoms with E-state index in [1.807, 2.05) is 0 Å². The number of hydrogen-bond donors (Lipinski definition) is 1. The molecule has 0 radical (unpaired) electrons. The fourth-order valence-corrected chi connectivity index (χ4v) is 3.18. The Labute approximate surface area is 117 Å². The maximum absolute atomic E-state index is 12.2. The van der Waals surface area contributed by atoms with Gasteiger partial charge in [-0.25, -0.2) is 8.42 Å². The van der Waals surface area contributed by atoms with E-state index in [0.717, 1.165) is 13.0 Å². The molecule has 7 heteroatoms. The lowest BCUT2D eigenvalue weighted by Gasteiger charge is -2.07. The van der Waals surface area contributed by atoms with Crippen molar-refractivity contribution in [2.45, 2.75) is 17.4 Å². The summed E-state index contributed by atoms with van der Waals surface area (Å²) in [6.45, 7) is 1.34. The maximum atomic E-state index is 12.2. The highest BCUT2D eigenvalue weighted by atomic mass is 32.2. The highest BCUT2D eigenvalue weighted by Crippen LogP contribution is 2.21. The molecule has 0 bridgehead atoms. The van der Waals surface area contributed by atoms with Crippen LogP contribution in [0.3, 0.4) is 0 Å². The highest BCUT2D eigenvalue weighted by Gasteiger charge is 2.20. The first-order valence-electron chi connectivity index (χ1n) is 6.35. The molecule has 0 aliphatic carbocycles. The van der Waals surface area contributed by atoms with Gasteiger partial charge in [0, 0.05) is 12.8 Å². The van der Waals surface area contributed by atoms with Gasteiger partial charge in [-0.1, -0.05) is 18.2 Å². The van der Waals surface area contributed by atoms with Crippen LogP contribution in [0, 0.1) is 0 Å². The lowest BCUT2D eigenvalue weighted by atomic mass is 10.3. The smallest absolute Gasteiger partial charge is 0.261 e. The molecule has 20 heavy (non-hydrogen) atoms. The minimum absolute atomic E-state index is 0.185. The van der Waals surface area contributed by atoms with Gasteiger partial charge in [0.05, 0.1) is 29.4 Å².